The summed E-state index contributed by atoms with van der Waals surface area (Å²) in [6, 6.07) is 12.7. The van der Waals surface area contributed by atoms with E-state index in [9.17, 15) is 14.7 Å². The Kier molecular flexibility index (Phi) is 6.70. The number of para-hydroxylation sites is 1. The molecule has 1 aliphatic rings. The van der Waals surface area contributed by atoms with E-state index in [0.29, 0.717) is 23.5 Å². The number of hydrogen-bond donors (Lipinski definition) is 3. The minimum absolute atomic E-state index is 0.0326. The highest BCUT2D eigenvalue weighted by molar-refractivity contribution is 9.10. The Bertz CT molecular complexity index is 872. The number of aliphatic hydroxyl groups is 1. The van der Waals surface area contributed by atoms with Gasteiger partial charge in [0.15, 0.2) is 0 Å². The number of benzene rings is 2. The van der Waals surface area contributed by atoms with Gasteiger partial charge in [-0.05, 0) is 65.5 Å². The Morgan fingerprint density at radius 1 is 1.21 bits per heavy atom. The fourth-order valence-corrected chi connectivity index (χ4v) is 3.96. The van der Waals surface area contributed by atoms with Crippen LogP contribution in [0, 0.1) is 6.92 Å². The number of aryl methyl sites for hydroxylation is 1. The lowest BCUT2D eigenvalue weighted by Crippen LogP contribution is -2.38. The summed E-state index contributed by atoms with van der Waals surface area (Å²) < 4.78 is 0.820. The maximum Gasteiger partial charge on any atom is 0.256 e. The molecule has 3 rings (SSSR count). The first-order valence-electron chi connectivity index (χ1n) is 9.30. The highest BCUT2D eigenvalue weighted by Gasteiger charge is 2.29. The van der Waals surface area contributed by atoms with Gasteiger partial charge in [-0.2, -0.15) is 0 Å². The number of nitrogens with zero attached hydrogens (tertiary/aromatic N) is 1. The van der Waals surface area contributed by atoms with Crippen molar-refractivity contribution < 1.29 is 14.7 Å². The van der Waals surface area contributed by atoms with Crippen molar-refractivity contribution in [2.45, 2.75) is 25.8 Å². The van der Waals surface area contributed by atoms with Gasteiger partial charge in [0.2, 0.25) is 5.91 Å². The predicted molar refractivity (Wildman–Crippen MR) is 114 cm³/mol. The van der Waals surface area contributed by atoms with E-state index in [1.54, 1.807) is 23.1 Å². The second-order valence-corrected chi connectivity index (χ2v) is 7.76. The van der Waals surface area contributed by atoms with Crippen molar-refractivity contribution in [2.75, 3.05) is 30.3 Å². The summed E-state index contributed by atoms with van der Waals surface area (Å²) in [5.41, 5.74) is 2.91. The molecule has 2 amide bonds. The Morgan fingerprint density at radius 3 is 2.75 bits per heavy atom. The third kappa shape index (κ3) is 4.72. The largest absolute Gasteiger partial charge is 0.394 e. The molecule has 1 heterocycles. The van der Waals surface area contributed by atoms with Gasteiger partial charge in [0.25, 0.3) is 5.91 Å². The molecule has 1 fully saturated rings. The minimum Gasteiger partial charge on any atom is -0.394 e. The smallest absolute Gasteiger partial charge is 0.256 e. The Labute approximate surface area is 173 Å². The van der Waals surface area contributed by atoms with Crippen molar-refractivity contribution in [2.24, 2.45) is 0 Å². The number of carbonyl (C=O) groups is 2. The van der Waals surface area contributed by atoms with Crippen LogP contribution in [0.3, 0.4) is 0 Å². The van der Waals surface area contributed by atoms with Crippen molar-refractivity contribution in [1.29, 1.82) is 0 Å². The summed E-state index contributed by atoms with van der Waals surface area (Å²) in [7, 11) is 0. The van der Waals surface area contributed by atoms with Crippen LogP contribution in [0.15, 0.2) is 46.9 Å². The van der Waals surface area contributed by atoms with Crippen LogP contribution < -0.4 is 10.6 Å². The zero-order valence-electron chi connectivity index (χ0n) is 15.7. The van der Waals surface area contributed by atoms with E-state index in [1.165, 1.54) is 0 Å². The number of aliphatic hydroxyl groups excluding tert-OH is 1. The van der Waals surface area contributed by atoms with Crippen LogP contribution in [-0.4, -0.2) is 47.6 Å². The van der Waals surface area contributed by atoms with E-state index in [4.69, 9.17) is 0 Å². The van der Waals surface area contributed by atoms with Crippen LogP contribution in [0.4, 0.5) is 11.4 Å². The summed E-state index contributed by atoms with van der Waals surface area (Å²) >= 11 is 3.45. The summed E-state index contributed by atoms with van der Waals surface area (Å²) in [5, 5.41) is 15.4. The quantitative estimate of drug-likeness (QED) is 0.636. The van der Waals surface area contributed by atoms with E-state index < -0.39 is 0 Å². The summed E-state index contributed by atoms with van der Waals surface area (Å²) in [5.74, 6) is -0.331. The van der Waals surface area contributed by atoms with Gasteiger partial charge in [0, 0.05) is 16.7 Å². The van der Waals surface area contributed by atoms with Crippen molar-refractivity contribution >= 4 is 39.1 Å². The first-order valence-corrected chi connectivity index (χ1v) is 10.1. The molecule has 7 heteroatoms. The van der Waals surface area contributed by atoms with Crippen LogP contribution in [0.1, 0.15) is 28.8 Å². The molecule has 0 bridgehead atoms. The maximum atomic E-state index is 12.9. The molecule has 3 N–H and O–H groups in total. The van der Waals surface area contributed by atoms with Crippen molar-refractivity contribution in [3.63, 3.8) is 0 Å². The number of amides is 2. The monoisotopic (exact) mass is 445 g/mol. The molecule has 2 aromatic carbocycles. The number of anilines is 2. The number of nitrogens with one attached hydrogen (secondary N) is 2. The molecule has 6 nitrogen and oxygen atoms in total. The first kappa shape index (κ1) is 20.4. The number of hydrogen-bond acceptors (Lipinski definition) is 4. The van der Waals surface area contributed by atoms with E-state index in [-0.39, 0.29) is 31.0 Å². The Balaban J connectivity index is 1.66. The molecular weight excluding hydrogens is 422 g/mol. The number of halogens is 1. The summed E-state index contributed by atoms with van der Waals surface area (Å²) in [6.45, 7) is 2.62. The topological polar surface area (TPSA) is 81.7 Å². The van der Waals surface area contributed by atoms with Gasteiger partial charge in [-0.3, -0.25) is 9.59 Å². The van der Waals surface area contributed by atoms with Crippen molar-refractivity contribution in [3.05, 3.63) is 58.1 Å². The molecule has 1 aliphatic heterocycles. The van der Waals surface area contributed by atoms with Gasteiger partial charge < -0.3 is 20.6 Å². The highest BCUT2D eigenvalue weighted by atomic mass is 79.9. The molecule has 1 saturated heterocycles. The third-order valence-corrected chi connectivity index (χ3v) is 5.50. The lowest BCUT2D eigenvalue weighted by molar-refractivity contribution is -0.114. The highest BCUT2D eigenvalue weighted by Crippen LogP contribution is 2.25. The van der Waals surface area contributed by atoms with Crippen molar-refractivity contribution in [1.82, 2.24) is 4.90 Å². The molecule has 0 saturated carbocycles. The number of carbonyl (C=O) groups excluding carboxylic acids is 2. The lowest BCUT2D eigenvalue weighted by Gasteiger charge is -2.24. The van der Waals surface area contributed by atoms with E-state index in [1.807, 2.05) is 31.2 Å². The van der Waals surface area contributed by atoms with Gasteiger partial charge in [-0.25, -0.2) is 0 Å². The normalized spacial score (nSPS) is 16.1. The summed E-state index contributed by atoms with van der Waals surface area (Å²) in [4.78, 5) is 27.0. The average molecular weight is 446 g/mol. The van der Waals surface area contributed by atoms with Gasteiger partial charge in [0.05, 0.1) is 30.4 Å². The van der Waals surface area contributed by atoms with Crippen LogP contribution in [0.25, 0.3) is 0 Å². The maximum absolute atomic E-state index is 12.9. The predicted octanol–water partition coefficient (Wildman–Crippen LogP) is 3.41. The molecule has 0 spiro atoms. The zero-order chi connectivity index (χ0) is 20.1. The molecule has 0 aromatic heterocycles. The lowest BCUT2D eigenvalue weighted by atomic mass is 10.1. The SMILES string of the molecule is Cc1ccc(NC(=O)CNc2ccccc2C(=O)N2CCCC2CO)c(Br)c1. The Morgan fingerprint density at radius 2 is 2.00 bits per heavy atom. The van der Waals surface area contributed by atoms with Gasteiger partial charge in [-0.15, -0.1) is 0 Å². The van der Waals surface area contributed by atoms with Gasteiger partial charge in [0.1, 0.15) is 0 Å². The van der Waals surface area contributed by atoms with E-state index in [2.05, 4.69) is 26.6 Å². The minimum atomic E-state index is -0.207. The van der Waals surface area contributed by atoms with Crippen LogP contribution in [0.2, 0.25) is 0 Å². The standard InChI is InChI=1S/C21H24BrN3O3/c1-14-8-9-19(17(22)11-14)24-20(27)12-23-18-7-3-2-6-16(18)21(28)25-10-4-5-15(25)13-26/h2-3,6-9,11,15,23,26H,4-5,10,12-13H2,1H3,(H,24,27). The van der Waals surface area contributed by atoms with Crippen molar-refractivity contribution in [3.8, 4) is 0 Å². The third-order valence-electron chi connectivity index (χ3n) is 4.84. The molecule has 2 aromatic rings. The van der Waals surface area contributed by atoms with Gasteiger partial charge >= 0.3 is 0 Å². The molecule has 1 unspecified atom stereocenters. The van der Waals surface area contributed by atoms with Gasteiger partial charge in [-0.1, -0.05) is 18.2 Å². The molecule has 1 atom stereocenters. The summed E-state index contributed by atoms with van der Waals surface area (Å²) in [6.07, 6.45) is 1.70. The fourth-order valence-electron chi connectivity index (χ4n) is 3.36. The molecular formula is C21H24BrN3O3. The van der Waals surface area contributed by atoms with Crippen LogP contribution in [-0.2, 0) is 4.79 Å². The molecule has 0 aliphatic carbocycles. The molecule has 28 heavy (non-hydrogen) atoms. The second kappa shape index (κ2) is 9.21. The second-order valence-electron chi connectivity index (χ2n) is 6.91. The number of rotatable bonds is 6. The zero-order valence-corrected chi connectivity index (χ0v) is 17.3. The van der Waals surface area contributed by atoms with E-state index in [0.717, 1.165) is 22.9 Å². The van der Waals surface area contributed by atoms with E-state index >= 15 is 0 Å². The average Bonchev–Trinajstić information content (AvgIpc) is 3.17. The molecule has 0 radical (unpaired) electrons. The Hall–Kier alpha value is -2.38. The first-order chi connectivity index (χ1) is 13.5. The fraction of sp³-hybridized carbons (Fsp3) is 0.333. The molecule has 148 valence electrons. The van der Waals surface area contributed by atoms with Crippen LogP contribution >= 0.6 is 15.9 Å². The number of likely N-dealkylation sites (tertiary alicyclic amines) is 1. The van der Waals surface area contributed by atoms with Crippen LogP contribution in [0.5, 0.6) is 0 Å².